The molecule has 1 rings (SSSR count). The van der Waals surface area contributed by atoms with Gasteiger partial charge in [0.25, 0.3) is 0 Å². The van der Waals surface area contributed by atoms with Gasteiger partial charge in [0.15, 0.2) is 6.39 Å². The second kappa shape index (κ2) is 6.60. The van der Waals surface area contributed by atoms with Crippen LogP contribution in [0.1, 0.15) is 0 Å². The molecule has 0 atom stereocenters. The van der Waals surface area contributed by atoms with Crippen LogP contribution in [0.15, 0.2) is 23.3 Å². The molecule has 3 nitrogen and oxygen atoms in total. The van der Waals surface area contributed by atoms with Crippen molar-refractivity contribution in [2.45, 2.75) is 0 Å². The molecule has 0 aliphatic carbocycles. The lowest BCUT2D eigenvalue weighted by Gasteiger charge is -1.62. The molecule has 0 N–H and O–H groups in total. The van der Waals surface area contributed by atoms with Gasteiger partial charge in [0.2, 0.25) is 0 Å². The van der Waals surface area contributed by atoms with Crippen molar-refractivity contribution in [2.24, 2.45) is 0 Å². The van der Waals surface area contributed by atoms with Crippen molar-refractivity contribution < 1.29 is 8.53 Å². The molecule has 0 radical (unpaired) electrons. The van der Waals surface area contributed by atoms with E-state index in [9.17, 15) is 0 Å². The third-order valence-electron chi connectivity index (χ3n) is 0.347. The molecular formula is C3H9NO2Si2. The van der Waals surface area contributed by atoms with Gasteiger partial charge in [0.1, 0.15) is 27.2 Å². The average Bonchev–Trinajstić information content (AvgIpc) is 2.17. The van der Waals surface area contributed by atoms with E-state index in [1.807, 2.05) is 0 Å². The number of hydrogen-bond donors (Lipinski definition) is 0. The fourth-order valence-electron chi connectivity index (χ4n) is 0.176. The van der Waals surface area contributed by atoms with E-state index in [1.54, 1.807) is 6.20 Å². The normalized spacial score (nSPS) is 8.00. The molecule has 0 aliphatic heterocycles. The monoisotopic (exact) mass is 147 g/mol. The number of oxazole rings is 1. The molecule has 0 saturated heterocycles. The summed E-state index contributed by atoms with van der Waals surface area (Å²) in [6, 6.07) is 0. The highest BCUT2D eigenvalue weighted by molar-refractivity contribution is 6.15. The Balaban J connectivity index is 0.000000145. The Kier molecular flexibility index (Phi) is 6.28. The molecule has 5 heteroatoms. The molecular weight excluding hydrogens is 138 g/mol. The lowest BCUT2D eigenvalue weighted by Crippen LogP contribution is -1.65. The zero-order chi connectivity index (χ0) is 6.24. The summed E-state index contributed by atoms with van der Waals surface area (Å²) in [5.41, 5.74) is 0. The largest absolute Gasteiger partial charge is 0.471 e. The van der Waals surface area contributed by atoms with Crippen molar-refractivity contribution in [3.63, 3.8) is 0 Å². The molecule has 0 aromatic carbocycles. The van der Waals surface area contributed by atoms with Crippen LogP contribution in [-0.4, -0.2) is 26.0 Å². The highest BCUT2D eigenvalue weighted by Gasteiger charge is 1.59. The molecule has 1 aromatic heterocycles. The van der Waals surface area contributed by atoms with E-state index >= 15 is 0 Å². The zero-order valence-electron chi connectivity index (χ0n) is 5.00. The first-order valence-electron chi connectivity index (χ1n) is 2.14. The summed E-state index contributed by atoms with van der Waals surface area (Å²) in [4.78, 5) is 3.56. The van der Waals surface area contributed by atoms with Crippen LogP contribution >= 0.6 is 0 Å². The summed E-state index contributed by atoms with van der Waals surface area (Å²) in [5.74, 6) is 0. The molecule has 0 fully saturated rings. The Morgan fingerprint density at radius 2 is 2.12 bits per heavy atom. The average molecular weight is 147 g/mol. The maximum Gasteiger partial charge on any atom is 0.180 e. The lowest BCUT2D eigenvalue weighted by molar-refractivity contribution is 0.558. The lowest BCUT2D eigenvalue weighted by atomic mass is 11.0. The van der Waals surface area contributed by atoms with E-state index in [1.165, 1.54) is 12.7 Å². The smallest absolute Gasteiger partial charge is 0.180 e. The number of hydrogen-bond acceptors (Lipinski definition) is 3. The summed E-state index contributed by atoms with van der Waals surface area (Å²) in [6.45, 7) is 0. The third kappa shape index (κ3) is 5.60. The zero-order valence-corrected chi connectivity index (χ0v) is 9.00. The van der Waals surface area contributed by atoms with Gasteiger partial charge in [-0.1, -0.05) is 0 Å². The van der Waals surface area contributed by atoms with E-state index in [0.29, 0.717) is 0 Å². The fraction of sp³-hybridized carbons (Fsp3) is 0. The summed E-state index contributed by atoms with van der Waals surface area (Å²) in [7, 11) is 1.86. The van der Waals surface area contributed by atoms with E-state index < -0.39 is 0 Å². The first-order chi connectivity index (χ1) is 3.91. The van der Waals surface area contributed by atoms with Crippen LogP contribution in [0.5, 0.6) is 0 Å². The Morgan fingerprint density at radius 1 is 1.50 bits per heavy atom. The van der Waals surface area contributed by atoms with Crippen LogP contribution in [0.25, 0.3) is 0 Å². The van der Waals surface area contributed by atoms with Crippen LogP contribution < -0.4 is 0 Å². The summed E-state index contributed by atoms with van der Waals surface area (Å²) in [6.07, 6.45) is 4.47. The van der Waals surface area contributed by atoms with Gasteiger partial charge in [-0.15, -0.1) is 0 Å². The standard InChI is InChI=1S/C3H3NO.H6OSi2/c1-2-5-3-4-1;2-1-3/h1-3H;2-3H3. The van der Waals surface area contributed by atoms with E-state index in [4.69, 9.17) is 0 Å². The predicted octanol–water partition coefficient (Wildman–Crippen LogP) is -1.76. The van der Waals surface area contributed by atoms with Crippen molar-refractivity contribution in [1.29, 1.82) is 0 Å². The van der Waals surface area contributed by atoms with Gasteiger partial charge in [-0.05, 0) is 0 Å². The van der Waals surface area contributed by atoms with Crippen molar-refractivity contribution in [3.8, 4) is 0 Å². The highest BCUT2D eigenvalue weighted by Crippen LogP contribution is 1.72. The number of aromatic nitrogens is 1. The Labute approximate surface area is 54.2 Å². The van der Waals surface area contributed by atoms with Crippen molar-refractivity contribution in [3.05, 3.63) is 18.9 Å². The second-order valence-corrected chi connectivity index (χ2v) is 4.35. The van der Waals surface area contributed by atoms with Crippen molar-refractivity contribution in [1.82, 2.24) is 4.98 Å². The maximum absolute atomic E-state index is 4.53. The topological polar surface area (TPSA) is 35.3 Å². The van der Waals surface area contributed by atoms with Gasteiger partial charge in [0, 0.05) is 0 Å². The van der Waals surface area contributed by atoms with Gasteiger partial charge in [0.05, 0.1) is 6.20 Å². The van der Waals surface area contributed by atoms with Crippen LogP contribution in [0, 0.1) is 0 Å². The fourth-order valence-corrected chi connectivity index (χ4v) is 0.176. The molecule has 1 heterocycles. The van der Waals surface area contributed by atoms with E-state index in [2.05, 4.69) is 13.5 Å². The summed E-state index contributed by atoms with van der Waals surface area (Å²) < 4.78 is 9.00. The summed E-state index contributed by atoms with van der Waals surface area (Å²) in [5, 5.41) is 0. The van der Waals surface area contributed by atoms with Gasteiger partial charge < -0.3 is 8.53 Å². The Hall–Kier alpha value is -0.396. The Bertz CT molecular complexity index is 82.2. The first-order valence-corrected chi connectivity index (χ1v) is 3.77. The predicted molar refractivity (Wildman–Crippen MR) is 37.5 cm³/mol. The molecule has 0 amide bonds. The molecule has 0 spiro atoms. The van der Waals surface area contributed by atoms with Crippen LogP contribution in [0.2, 0.25) is 0 Å². The Morgan fingerprint density at radius 3 is 2.25 bits per heavy atom. The molecule has 0 bridgehead atoms. The minimum atomic E-state index is 0.931. The van der Waals surface area contributed by atoms with Gasteiger partial charge >= 0.3 is 0 Å². The molecule has 0 saturated carbocycles. The molecule has 46 valence electrons. The molecule has 8 heavy (non-hydrogen) atoms. The molecule has 0 unspecified atom stereocenters. The van der Waals surface area contributed by atoms with Crippen LogP contribution in [0.3, 0.4) is 0 Å². The van der Waals surface area contributed by atoms with Gasteiger partial charge in [-0.3, -0.25) is 0 Å². The quantitative estimate of drug-likeness (QED) is 0.408. The first kappa shape index (κ1) is 7.60. The molecule has 0 aliphatic rings. The number of nitrogens with zero attached hydrogens (tertiary/aromatic N) is 1. The second-order valence-electron chi connectivity index (χ2n) is 1.08. The third-order valence-corrected chi connectivity index (χ3v) is 0.347. The molecule has 1 aromatic rings. The SMILES string of the molecule is [SiH3]O[SiH3].c1cocn1. The van der Waals surface area contributed by atoms with Gasteiger partial charge in [-0.2, -0.15) is 0 Å². The van der Waals surface area contributed by atoms with E-state index in [0.717, 1.165) is 21.0 Å². The maximum atomic E-state index is 4.53. The van der Waals surface area contributed by atoms with Gasteiger partial charge in [-0.25, -0.2) is 4.98 Å². The minimum absolute atomic E-state index is 0.931. The highest BCUT2D eigenvalue weighted by atomic mass is 28.3. The van der Waals surface area contributed by atoms with Crippen LogP contribution in [-0.2, 0) is 4.12 Å². The number of rotatable bonds is 0. The van der Waals surface area contributed by atoms with Crippen molar-refractivity contribution in [2.75, 3.05) is 0 Å². The minimum Gasteiger partial charge on any atom is -0.471 e. The summed E-state index contributed by atoms with van der Waals surface area (Å²) >= 11 is 0. The van der Waals surface area contributed by atoms with Crippen molar-refractivity contribution >= 4 is 21.0 Å². The van der Waals surface area contributed by atoms with Crippen LogP contribution in [0.4, 0.5) is 0 Å². The van der Waals surface area contributed by atoms with E-state index in [-0.39, 0.29) is 0 Å².